The van der Waals surface area contributed by atoms with Crippen LogP contribution in [0.2, 0.25) is 0 Å². The van der Waals surface area contributed by atoms with Gasteiger partial charge in [-0.3, -0.25) is 9.59 Å². The van der Waals surface area contributed by atoms with Crippen molar-refractivity contribution in [1.29, 1.82) is 0 Å². The molecule has 0 bridgehead atoms. The molecular formula is C20H24N2O5S. The normalized spacial score (nSPS) is 12.3. The Morgan fingerprint density at radius 3 is 2.21 bits per heavy atom. The summed E-state index contributed by atoms with van der Waals surface area (Å²) in [4.78, 5) is 24.2. The smallest absolute Gasteiger partial charge is 0.321 e. The van der Waals surface area contributed by atoms with Crippen molar-refractivity contribution in [2.75, 3.05) is 11.9 Å². The van der Waals surface area contributed by atoms with Gasteiger partial charge in [0.1, 0.15) is 6.54 Å². The Bertz CT molecular complexity index is 969. The average Bonchev–Trinajstić information content (AvgIpc) is 2.62. The van der Waals surface area contributed by atoms with E-state index >= 15 is 0 Å². The van der Waals surface area contributed by atoms with Gasteiger partial charge in [-0.15, -0.1) is 0 Å². The van der Waals surface area contributed by atoms with E-state index in [-0.39, 0.29) is 4.90 Å². The largest absolute Gasteiger partial charge is 0.452 e. The second kappa shape index (κ2) is 8.99. The summed E-state index contributed by atoms with van der Waals surface area (Å²) in [6.45, 7) is 6.49. The first-order valence-electron chi connectivity index (χ1n) is 8.72. The molecule has 0 aromatic heterocycles. The Kier molecular flexibility index (Phi) is 6.93. The SMILES string of the molecule is Cc1ccc(S(=O)(=O)NCC(=O)OC(C)C(=O)Nc2ccc(C)cc2C)cc1. The van der Waals surface area contributed by atoms with Crippen molar-refractivity contribution in [3.63, 3.8) is 0 Å². The lowest BCUT2D eigenvalue weighted by Gasteiger charge is -2.15. The van der Waals surface area contributed by atoms with Crippen molar-refractivity contribution in [2.24, 2.45) is 0 Å². The van der Waals surface area contributed by atoms with Gasteiger partial charge in [-0.1, -0.05) is 35.4 Å². The number of rotatable bonds is 7. The summed E-state index contributed by atoms with van der Waals surface area (Å²) in [5, 5.41) is 2.69. The molecule has 1 unspecified atom stereocenters. The van der Waals surface area contributed by atoms with Crippen LogP contribution in [0.4, 0.5) is 5.69 Å². The van der Waals surface area contributed by atoms with Crippen LogP contribution < -0.4 is 10.0 Å². The number of aryl methyl sites for hydroxylation is 3. The number of carbonyl (C=O) groups excluding carboxylic acids is 2. The van der Waals surface area contributed by atoms with Crippen molar-refractivity contribution in [3.8, 4) is 0 Å². The predicted octanol–water partition coefficient (Wildman–Crippen LogP) is 2.46. The number of hydrogen-bond donors (Lipinski definition) is 2. The van der Waals surface area contributed by atoms with Crippen LogP contribution in [-0.4, -0.2) is 32.9 Å². The first-order chi connectivity index (χ1) is 13.1. The highest BCUT2D eigenvalue weighted by atomic mass is 32.2. The number of esters is 1. The van der Waals surface area contributed by atoms with Crippen molar-refractivity contribution in [3.05, 3.63) is 59.2 Å². The van der Waals surface area contributed by atoms with Gasteiger partial charge in [0.15, 0.2) is 6.10 Å². The molecule has 0 saturated heterocycles. The van der Waals surface area contributed by atoms with Gasteiger partial charge in [-0.25, -0.2) is 8.42 Å². The number of hydrogen-bond acceptors (Lipinski definition) is 5. The molecule has 0 saturated carbocycles. The third kappa shape index (κ3) is 5.90. The number of ether oxygens (including phenoxy) is 1. The molecule has 0 fully saturated rings. The van der Waals surface area contributed by atoms with Crippen LogP contribution in [-0.2, 0) is 24.3 Å². The predicted molar refractivity (Wildman–Crippen MR) is 106 cm³/mol. The van der Waals surface area contributed by atoms with Gasteiger partial charge in [-0.05, 0) is 51.5 Å². The zero-order valence-electron chi connectivity index (χ0n) is 16.3. The molecule has 2 N–H and O–H groups in total. The highest BCUT2D eigenvalue weighted by molar-refractivity contribution is 7.89. The van der Waals surface area contributed by atoms with E-state index < -0.39 is 34.5 Å². The maximum absolute atomic E-state index is 12.2. The lowest BCUT2D eigenvalue weighted by molar-refractivity contribution is -0.151. The van der Waals surface area contributed by atoms with E-state index in [0.717, 1.165) is 16.7 Å². The Hall–Kier alpha value is -2.71. The number of benzene rings is 2. The molecule has 1 atom stereocenters. The molecule has 0 radical (unpaired) electrons. The van der Waals surface area contributed by atoms with Crippen LogP contribution in [0.25, 0.3) is 0 Å². The van der Waals surface area contributed by atoms with Crippen LogP contribution in [0.15, 0.2) is 47.4 Å². The van der Waals surface area contributed by atoms with Gasteiger partial charge >= 0.3 is 5.97 Å². The standard InChI is InChI=1S/C20H24N2O5S/c1-13-5-8-17(9-6-13)28(25,26)21-12-19(23)27-16(4)20(24)22-18-10-7-14(2)11-15(18)3/h5-11,16,21H,12H2,1-4H3,(H,22,24). The summed E-state index contributed by atoms with van der Waals surface area (Å²) >= 11 is 0. The van der Waals surface area contributed by atoms with Gasteiger partial charge in [0.25, 0.3) is 5.91 Å². The second-order valence-electron chi connectivity index (χ2n) is 6.58. The summed E-state index contributed by atoms with van der Waals surface area (Å²) in [5.41, 5.74) is 3.49. The van der Waals surface area contributed by atoms with Crippen molar-refractivity contribution < 1.29 is 22.7 Å². The zero-order chi connectivity index (χ0) is 20.9. The molecule has 0 aliphatic carbocycles. The van der Waals surface area contributed by atoms with Gasteiger partial charge < -0.3 is 10.1 Å². The molecule has 28 heavy (non-hydrogen) atoms. The number of nitrogens with one attached hydrogen (secondary N) is 2. The fourth-order valence-corrected chi connectivity index (χ4v) is 3.40. The molecule has 0 spiro atoms. The lowest BCUT2D eigenvalue weighted by atomic mass is 10.1. The quantitative estimate of drug-likeness (QED) is 0.690. The Morgan fingerprint density at radius 1 is 1.00 bits per heavy atom. The van der Waals surface area contributed by atoms with Crippen molar-refractivity contribution in [1.82, 2.24) is 4.72 Å². The van der Waals surface area contributed by atoms with Crippen LogP contribution in [0.3, 0.4) is 0 Å². The molecule has 0 aliphatic rings. The molecule has 7 nitrogen and oxygen atoms in total. The molecule has 2 aromatic carbocycles. The second-order valence-corrected chi connectivity index (χ2v) is 8.34. The molecule has 8 heteroatoms. The van der Waals surface area contributed by atoms with E-state index in [1.165, 1.54) is 19.1 Å². The summed E-state index contributed by atoms with van der Waals surface area (Å²) in [7, 11) is -3.84. The molecule has 0 heterocycles. The minimum Gasteiger partial charge on any atom is -0.452 e. The monoisotopic (exact) mass is 404 g/mol. The first-order valence-corrected chi connectivity index (χ1v) is 10.2. The molecule has 1 amide bonds. The third-order valence-corrected chi connectivity index (χ3v) is 5.47. The first kappa shape index (κ1) is 21.6. The van der Waals surface area contributed by atoms with Gasteiger partial charge in [-0.2, -0.15) is 4.72 Å². The number of sulfonamides is 1. The van der Waals surface area contributed by atoms with E-state index in [1.54, 1.807) is 18.2 Å². The minimum atomic E-state index is -3.84. The summed E-state index contributed by atoms with van der Waals surface area (Å²) in [5.74, 6) is -1.35. The number of anilines is 1. The van der Waals surface area contributed by atoms with Crippen LogP contribution in [0.5, 0.6) is 0 Å². The summed E-state index contributed by atoms with van der Waals surface area (Å²) in [6.07, 6.45) is -1.07. The molecule has 0 aliphatic heterocycles. The van der Waals surface area contributed by atoms with E-state index in [9.17, 15) is 18.0 Å². The highest BCUT2D eigenvalue weighted by Gasteiger charge is 2.21. The van der Waals surface area contributed by atoms with E-state index in [4.69, 9.17) is 4.74 Å². The van der Waals surface area contributed by atoms with E-state index in [2.05, 4.69) is 10.0 Å². The van der Waals surface area contributed by atoms with Crippen LogP contribution >= 0.6 is 0 Å². The minimum absolute atomic E-state index is 0.0477. The number of amides is 1. The maximum atomic E-state index is 12.2. The van der Waals surface area contributed by atoms with Crippen molar-refractivity contribution >= 4 is 27.6 Å². The molecule has 2 rings (SSSR count). The van der Waals surface area contributed by atoms with Crippen LogP contribution in [0.1, 0.15) is 23.6 Å². The van der Waals surface area contributed by atoms with E-state index in [1.807, 2.05) is 32.9 Å². The summed E-state index contributed by atoms with van der Waals surface area (Å²) < 4.78 is 31.5. The van der Waals surface area contributed by atoms with Crippen LogP contribution in [0, 0.1) is 20.8 Å². The topological polar surface area (TPSA) is 102 Å². The maximum Gasteiger partial charge on any atom is 0.321 e. The Balaban J connectivity index is 1.89. The number of carbonyl (C=O) groups is 2. The van der Waals surface area contributed by atoms with Gasteiger partial charge in [0, 0.05) is 5.69 Å². The fraction of sp³-hybridized carbons (Fsp3) is 0.300. The fourth-order valence-electron chi connectivity index (χ4n) is 2.44. The Labute approximate surface area is 165 Å². The molecule has 150 valence electrons. The highest BCUT2D eigenvalue weighted by Crippen LogP contribution is 2.16. The molecule has 2 aromatic rings. The molecular weight excluding hydrogens is 380 g/mol. The van der Waals surface area contributed by atoms with Gasteiger partial charge in [0.05, 0.1) is 4.90 Å². The summed E-state index contributed by atoms with van der Waals surface area (Å²) in [6, 6.07) is 11.8. The zero-order valence-corrected chi connectivity index (χ0v) is 17.1. The average molecular weight is 404 g/mol. The van der Waals surface area contributed by atoms with Crippen molar-refractivity contribution in [2.45, 2.75) is 38.7 Å². The Morgan fingerprint density at radius 2 is 1.61 bits per heavy atom. The lowest BCUT2D eigenvalue weighted by Crippen LogP contribution is -2.35. The third-order valence-electron chi connectivity index (χ3n) is 4.06. The van der Waals surface area contributed by atoms with E-state index in [0.29, 0.717) is 5.69 Å². The van der Waals surface area contributed by atoms with Gasteiger partial charge in [0.2, 0.25) is 10.0 Å².